The molecule has 26 heavy (non-hydrogen) atoms. The number of ether oxygens (including phenoxy) is 3. The first-order chi connectivity index (χ1) is 12.8. The summed E-state index contributed by atoms with van der Waals surface area (Å²) in [6.07, 6.45) is 3.20. The molecule has 0 atom stereocenters. The molecule has 6 nitrogen and oxygen atoms in total. The molecule has 1 aliphatic heterocycles. The zero-order valence-corrected chi connectivity index (χ0v) is 16.1. The lowest BCUT2D eigenvalue weighted by atomic mass is 10.0. The summed E-state index contributed by atoms with van der Waals surface area (Å²) in [7, 11) is 1.78. The summed E-state index contributed by atoms with van der Waals surface area (Å²) < 4.78 is 16.8. The molecule has 0 unspecified atom stereocenters. The highest BCUT2D eigenvalue weighted by Crippen LogP contribution is 2.17. The lowest BCUT2D eigenvalue weighted by molar-refractivity contribution is 0.0203. The Balaban J connectivity index is 1.59. The molecule has 0 radical (unpaired) electrons. The first-order valence-electron chi connectivity index (χ1n) is 9.64. The molecular weight excluding hydrogens is 330 g/mol. The van der Waals surface area contributed by atoms with Crippen molar-refractivity contribution in [1.29, 1.82) is 0 Å². The van der Waals surface area contributed by atoms with Crippen molar-refractivity contribution in [3.8, 4) is 5.75 Å². The molecule has 0 aliphatic carbocycles. The van der Waals surface area contributed by atoms with E-state index in [1.54, 1.807) is 7.05 Å². The smallest absolute Gasteiger partial charge is 0.191 e. The Morgan fingerprint density at radius 2 is 2.04 bits per heavy atom. The van der Waals surface area contributed by atoms with Crippen LogP contribution in [0.1, 0.15) is 31.7 Å². The molecule has 0 saturated carbocycles. The van der Waals surface area contributed by atoms with Gasteiger partial charge in [-0.3, -0.25) is 4.99 Å². The van der Waals surface area contributed by atoms with Crippen molar-refractivity contribution < 1.29 is 14.2 Å². The summed E-state index contributed by atoms with van der Waals surface area (Å²) in [4.78, 5) is 4.27. The quantitative estimate of drug-likeness (QED) is 0.380. The Hall–Kier alpha value is -1.79. The van der Waals surface area contributed by atoms with E-state index < -0.39 is 0 Å². The SMILES string of the molecule is CCOc1ccccc1CNC(=NC)NCCCOCC1CCOCC1. The van der Waals surface area contributed by atoms with E-state index in [4.69, 9.17) is 14.2 Å². The molecule has 0 aromatic heterocycles. The summed E-state index contributed by atoms with van der Waals surface area (Å²) in [6.45, 7) is 7.55. The average molecular weight is 364 g/mol. The van der Waals surface area contributed by atoms with Crippen LogP contribution in [0.5, 0.6) is 5.75 Å². The van der Waals surface area contributed by atoms with Gasteiger partial charge in [0, 0.05) is 52.1 Å². The van der Waals surface area contributed by atoms with Gasteiger partial charge in [0.15, 0.2) is 5.96 Å². The van der Waals surface area contributed by atoms with Gasteiger partial charge in [-0.2, -0.15) is 0 Å². The third-order valence-electron chi connectivity index (χ3n) is 4.39. The molecule has 0 amide bonds. The van der Waals surface area contributed by atoms with E-state index in [2.05, 4.69) is 21.7 Å². The van der Waals surface area contributed by atoms with Crippen molar-refractivity contribution in [3.05, 3.63) is 29.8 Å². The number of guanidine groups is 1. The summed E-state index contributed by atoms with van der Waals surface area (Å²) in [5, 5.41) is 6.66. The Bertz CT molecular complexity index is 531. The highest BCUT2D eigenvalue weighted by atomic mass is 16.5. The van der Waals surface area contributed by atoms with Gasteiger partial charge >= 0.3 is 0 Å². The van der Waals surface area contributed by atoms with E-state index in [-0.39, 0.29) is 0 Å². The second-order valence-electron chi connectivity index (χ2n) is 6.38. The van der Waals surface area contributed by atoms with E-state index in [1.165, 1.54) is 0 Å². The highest BCUT2D eigenvalue weighted by molar-refractivity contribution is 5.79. The van der Waals surface area contributed by atoms with Crippen LogP contribution in [0.15, 0.2) is 29.3 Å². The highest BCUT2D eigenvalue weighted by Gasteiger charge is 2.13. The predicted octanol–water partition coefficient (Wildman–Crippen LogP) is 2.58. The maximum absolute atomic E-state index is 5.79. The summed E-state index contributed by atoms with van der Waals surface area (Å²) in [6, 6.07) is 8.06. The fourth-order valence-electron chi connectivity index (χ4n) is 2.89. The van der Waals surface area contributed by atoms with Gasteiger partial charge in [0.25, 0.3) is 0 Å². The van der Waals surface area contributed by atoms with Crippen LogP contribution in [-0.4, -0.2) is 52.6 Å². The minimum absolute atomic E-state index is 0.663. The monoisotopic (exact) mass is 363 g/mol. The number of para-hydroxylation sites is 1. The Morgan fingerprint density at radius 3 is 2.81 bits per heavy atom. The van der Waals surface area contributed by atoms with E-state index >= 15 is 0 Å². The zero-order chi connectivity index (χ0) is 18.5. The summed E-state index contributed by atoms with van der Waals surface area (Å²) >= 11 is 0. The molecule has 6 heteroatoms. The van der Waals surface area contributed by atoms with Crippen molar-refractivity contribution in [2.24, 2.45) is 10.9 Å². The van der Waals surface area contributed by atoms with Gasteiger partial charge < -0.3 is 24.8 Å². The topological polar surface area (TPSA) is 64.1 Å². The lowest BCUT2D eigenvalue weighted by Gasteiger charge is -2.21. The van der Waals surface area contributed by atoms with Crippen LogP contribution in [0.2, 0.25) is 0 Å². The Kier molecular flexibility index (Phi) is 9.90. The molecule has 2 rings (SSSR count). The molecule has 0 bridgehead atoms. The third-order valence-corrected chi connectivity index (χ3v) is 4.39. The first kappa shape index (κ1) is 20.5. The predicted molar refractivity (Wildman–Crippen MR) is 105 cm³/mol. The summed E-state index contributed by atoms with van der Waals surface area (Å²) in [5.74, 6) is 2.37. The van der Waals surface area contributed by atoms with Crippen LogP contribution in [0, 0.1) is 5.92 Å². The van der Waals surface area contributed by atoms with Crippen LogP contribution in [0.25, 0.3) is 0 Å². The van der Waals surface area contributed by atoms with Crippen LogP contribution >= 0.6 is 0 Å². The van der Waals surface area contributed by atoms with Gasteiger partial charge in [0.1, 0.15) is 5.75 Å². The second kappa shape index (κ2) is 12.5. The van der Waals surface area contributed by atoms with Gasteiger partial charge in [-0.05, 0) is 38.2 Å². The lowest BCUT2D eigenvalue weighted by Crippen LogP contribution is -2.37. The molecule has 1 heterocycles. The standard InChI is InChI=1S/C20H33N3O3/c1-3-26-19-8-5-4-7-18(19)15-23-20(21-2)22-11-6-12-25-16-17-9-13-24-14-10-17/h4-5,7-8,17H,3,6,9-16H2,1-2H3,(H2,21,22,23). The van der Waals surface area contributed by atoms with Gasteiger partial charge in [0.05, 0.1) is 6.61 Å². The number of nitrogens with one attached hydrogen (secondary N) is 2. The summed E-state index contributed by atoms with van der Waals surface area (Å²) in [5.41, 5.74) is 1.12. The third kappa shape index (κ3) is 7.62. The zero-order valence-electron chi connectivity index (χ0n) is 16.1. The van der Waals surface area contributed by atoms with Crippen molar-refractivity contribution in [2.45, 2.75) is 32.7 Å². The largest absolute Gasteiger partial charge is 0.494 e. The van der Waals surface area contributed by atoms with Crippen molar-refractivity contribution in [2.75, 3.05) is 46.6 Å². The van der Waals surface area contributed by atoms with Crippen LogP contribution in [0.4, 0.5) is 0 Å². The fourth-order valence-corrected chi connectivity index (χ4v) is 2.89. The molecule has 1 aromatic carbocycles. The van der Waals surface area contributed by atoms with E-state index in [9.17, 15) is 0 Å². The van der Waals surface area contributed by atoms with Gasteiger partial charge in [-0.25, -0.2) is 0 Å². The van der Waals surface area contributed by atoms with Crippen molar-refractivity contribution in [1.82, 2.24) is 10.6 Å². The maximum atomic E-state index is 5.79. The van der Waals surface area contributed by atoms with E-state index in [0.29, 0.717) is 19.1 Å². The van der Waals surface area contributed by atoms with E-state index in [1.807, 2.05) is 25.1 Å². The van der Waals surface area contributed by atoms with Crippen LogP contribution < -0.4 is 15.4 Å². The van der Waals surface area contributed by atoms with Crippen molar-refractivity contribution >= 4 is 5.96 Å². The number of hydrogen-bond acceptors (Lipinski definition) is 4. The Morgan fingerprint density at radius 1 is 1.23 bits per heavy atom. The van der Waals surface area contributed by atoms with Crippen LogP contribution in [0.3, 0.4) is 0 Å². The second-order valence-corrected chi connectivity index (χ2v) is 6.38. The number of aliphatic imine (C=N–C) groups is 1. The van der Waals surface area contributed by atoms with Crippen molar-refractivity contribution in [3.63, 3.8) is 0 Å². The van der Waals surface area contributed by atoms with Gasteiger partial charge in [-0.15, -0.1) is 0 Å². The molecule has 146 valence electrons. The molecule has 1 aromatic rings. The number of nitrogens with zero attached hydrogens (tertiary/aromatic N) is 1. The Labute approximate surface area is 157 Å². The maximum Gasteiger partial charge on any atom is 0.191 e. The number of hydrogen-bond donors (Lipinski definition) is 2. The normalized spacial score (nSPS) is 15.7. The number of benzene rings is 1. The molecule has 1 fully saturated rings. The first-order valence-corrected chi connectivity index (χ1v) is 9.64. The van der Waals surface area contributed by atoms with Gasteiger partial charge in [-0.1, -0.05) is 18.2 Å². The molecular formula is C20H33N3O3. The molecule has 2 N–H and O–H groups in total. The molecule has 1 saturated heterocycles. The molecule has 1 aliphatic rings. The number of rotatable bonds is 10. The minimum Gasteiger partial charge on any atom is -0.494 e. The van der Waals surface area contributed by atoms with Crippen LogP contribution in [-0.2, 0) is 16.0 Å². The fraction of sp³-hybridized carbons (Fsp3) is 0.650. The molecule has 0 spiro atoms. The average Bonchev–Trinajstić information content (AvgIpc) is 2.69. The minimum atomic E-state index is 0.663. The van der Waals surface area contributed by atoms with Gasteiger partial charge in [0.2, 0.25) is 0 Å². The van der Waals surface area contributed by atoms with E-state index in [0.717, 1.165) is 69.5 Å².